The van der Waals surface area contributed by atoms with Crippen molar-refractivity contribution in [3.8, 4) is 79.4 Å². The number of hydrogen-bond donors (Lipinski definition) is 0. The van der Waals surface area contributed by atoms with Gasteiger partial charge in [-0.1, -0.05) is 358 Å². The van der Waals surface area contributed by atoms with Crippen molar-refractivity contribution >= 4 is 207 Å². The highest BCUT2D eigenvalue weighted by Crippen LogP contribution is 2.49. The van der Waals surface area contributed by atoms with Crippen LogP contribution in [0.1, 0.15) is 0 Å². The van der Waals surface area contributed by atoms with Gasteiger partial charge in [0.05, 0.1) is 116 Å². The number of fused-ring (bicyclic) bond motifs is 25. The first-order valence-electron chi connectivity index (χ1n) is 50.3. The third-order valence-electron chi connectivity index (χ3n) is 30.0. The van der Waals surface area contributed by atoms with E-state index in [2.05, 4.69) is 476 Å². The van der Waals surface area contributed by atoms with Gasteiger partial charge in [0.2, 0.25) is 0 Å². The van der Waals surface area contributed by atoms with E-state index >= 15 is 0 Å². The lowest BCUT2D eigenvalue weighted by atomic mass is 10.0. The molecule has 0 aliphatic rings. The van der Waals surface area contributed by atoms with Crippen LogP contribution in [0, 0.1) is 0 Å². The summed E-state index contributed by atoms with van der Waals surface area (Å²) in [5.74, 6) is 2.44. The number of para-hydroxylation sites is 12. The Morgan fingerprint density at radius 3 is 0.669 bits per heavy atom. The molecule has 0 aliphatic heterocycles. The van der Waals surface area contributed by atoms with Crippen LogP contribution in [0.2, 0.25) is 0 Å². The summed E-state index contributed by atoms with van der Waals surface area (Å²) in [6, 6.07) is 181. The summed E-state index contributed by atoms with van der Waals surface area (Å²) in [6.45, 7) is 0. The highest BCUT2D eigenvalue weighted by atomic mass is 15.1. The van der Waals surface area contributed by atoms with Crippen LogP contribution in [0.15, 0.2) is 510 Å². The summed E-state index contributed by atoms with van der Waals surface area (Å²) in [6.07, 6.45) is 0. The molecule has 23 aromatic carbocycles. The molecule has 0 atom stereocenters. The Morgan fingerprint density at radius 2 is 0.345 bits per heavy atom. The predicted molar refractivity (Wildman–Crippen MR) is 616 cm³/mol. The Kier molecular flexibility index (Phi) is 19.1. The lowest BCUT2D eigenvalue weighted by Gasteiger charge is -2.15. The quantitative estimate of drug-likeness (QED) is 0.135. The number of nitrogens with zero attached hydrogens (tertiary/aromatic N) is 12. The van der Waals surface area contributed by atoms with Crippen molar-refractivity contribution in [2.45, 2.75) is 0 Å². The molecule has 148 heavy (non-hydrogen) atoms. The van der Waals surface area contributed by atoms with Gasteiger partial charge in [-0.2, -0.15) is 0 Å². The SMILES string of the molecule is c1ccc(-c2ccc(-c3nc4ccccc4nc3-n3c4cc5ccccc5cc4c4c(-n5c6ccccc6c6ccccc65)cccc43)cc2)cc1.c1ccc(-c2nc3ccccc3nc2-n2c3cc4ccccc4cc3c3c(-n4c5ccccc5c5ccccc54)cccc32)cc1.c1ccc2cc(-c3nc4ccccc4nc3-n3c4cc5ccccc5cc4c4c(-n5c6ccccc6c6ccccc65)cccc43)ccc2c1. The van der Waals surface area contributed by atoms with Crippen LogP contribution in [-0.2, 0) is 0 Å². The van der Waals surface area contributed by atoms with Crippen molar-refractivity contribution in [3.05, 3.63) is 510 Å². The Labute approximate surface area is 847 Å². The topological polar surface area (TPSA) is 107 Å². The normalized spacial score (nSPS) is 11.9. The average Bonchev–Trinajstić information content (AvgIpc) is 1.55. The van der Waals surface area contributed by atoms with Gasteiger partial charge in [-0.15, -0.1) is 0 Å². The molecule has 9 heterocycles. The van der Waals surface area contributed by atoms with E-state index in [0.29, 0.717) is 0 Å². The van der Waals surface area contributed by atoms with Crippen molar-refractivity contribution in [1.82, 2.24) is 57.3 Å². The zero-order chi connectivity index (χ0) is 97.1. The molecular weight excluding hydrogens is 1800 g/mol. The van der Waals surface area contributed by atoms with Gasteiger partial charge >= 0.3 is 0 Å². The minimum atomic E-state index is 0.806. The molecule has 0 bridgehead atoms. The van der Waals surface area contributed by atoms with Gasteiger partial charge in [-0.05, 0) is 206 Å². The Bertz CT molecular complexity index is 11000. The smallest absolute Gasteiger partial charge is 0.165 e. The van der Waals surface area contributed by atoms with Crippen molar-refractivity contribution in [2.24, 2.45) is 0 Å². The molecule has 0 N–H and O–H groups in total. The summed E-state index contributed by atoms with van der Waals surface area (Å²) in [4.78, 5) is 32.2. The molecule has 12 heteroatoms. The van der Waals surface area contributed by atoms with Gasteiger partial charge in [0.15, 0.2) is 17.5 Å². The van der Waals surface area contributed by atoms with E-state index in [1.54, 1.807) is 0 Å². The third kappa shape index (κ3) is 13.3. The van der Waals surface area contributed by atoms with E-state index < -0.39 is 0 Å². The minimum Gasteiger partial charge on any atom is -0.309 e. The molecule has 32 rings (SSSR count). The molecule has 0 amide bonds. The van der Waals surface area contributed by atoms with Crippen LogP contribution < -0.4 is 0 Å². The Hall–Kier alpha value is -20.1. The summed E-state index contributed by atoms with van der Waals surface area (Å²) in [7, 11) is 0. The second-order valence-corrected chi connectivity index (χ2v) is 38.3. The minimum absolute atomic E-state index is 0.806. The number of rotatable bonds is 10. The summed E-state index contributed by atoms with van der Waals surface area (Å²) >= 11 is 0. The van der Waals surface area contributed by atoms with Crippen molar-refractivity contribution in [2.75, 3.05) is 0 Å². The molecule has 0 aliphatic carbocycles. The maximum atomic E-state index is 5.44. The molecule has 0 unspecified atom stereocenters. The largest absolute Gasteiger partial charge is 0.309 e. The third-order valence-corrected chi connectivity index (χ3v) is 30.0. The van der Waals surface area contributed by atoms with Gasteiger partial charge in [0.25, 0.3) is 0 Å². The lowest BCUT2D eigenvalue weighted by molar-refractivity contribution is 1.08. The van der Waals surface area contributed by atoms with Crippen LogP contribution >= 0.6 is 0 Å². The zero-order valence-electron chi connectivity index (χ0n) is 79.9. The highest BCUT2D eigenvalue weighted by Gasteiger charge is 2.30. The first kappa shape index (κ1) is 83.7. The number of hydrogen-bond acceptors (Lipinski definition) is 6. The monoisotopic (exact) mass is 1880 g/mol. The number of aromatic nitrogens is 12. The molecule has 32 aromatic rings. The first-order valence-corrected chi connectivity index (χ1v) is 50.3. The molecule has 12 nitrogen and oxygen atoms in total. The van der Waals surface area contributed by atoms with Crippen LogP contribution in [0.5, 0.6) is 0 Å². The molecule has 9 aromatic heterocycles. The maximum Gasteiger partial charge on any atom is 0.165 e. The second kappa shape index (κ2) is 33.8. The van der Waals surface area contributed by atoms with Crippen LogP contribution in [0.4, 0.5) is 0 Å². The highest BCUT2D eigenvalue weighted by molar-refractivity contribution is 6.24. The van der Waals surface area contributed by atoms with Crippen LogP contribution in [0.25, 0.3) is 286 Å². The molecule has 0 radical (unpaired) electrons. The van der Waals surface area contributed by atoms with Crippen molar-refractivity contribution in [1.29, 1.82) is 0 Å². The summed E-state index contributed by atoms with van der Waals surface area (Å²) in [5, 5.41) is 24.1. The molecule has 688 valence electrons. The molecule has 0 saturated heterocycles. The zero-order valence-corrected chi connectivity index (χ0v) is 79.9. The van der Waals surface area contributed by atoms with E-state index in [4.69, 9.17) is 29.9 Å². The van der Waals surface area contributed by atoms with E-state index in [9.17, 15) is 0 Å². The van der Waals surface area contributed by atoms with Gasteiger partial charge in [-0.3, -0.25) is 13.7 Å². The van der Waals surface area contributed by atoms with E-state index in [1.807, 2.05) is 60.7 Å². The van der Waals surface area contributed by atoms with Gasteiger partial charge in [0, 0.05) is 81.3 Å². The summed E-state index contributed by atoms with van der Waals surface area (Å²) in [5.41, 5.74) is 30.3. The van der Waals surface area contributed by atoms with E-state index in [1.165, 1.54) is 152 Å². The van der Waals surface area contributed by atoms with E-state index in [0.717, 1.165) is 134 Å². The van der Waals surface area contributed by atoms with Crippen molar-refractivity contribution < 1.29 is 0 Å². The molecule has 0 spiro atoms. The van der Waals surface area contributed by atoms with Gasteiger partial charge in [-0.25, -0.2) is 29.9 Å². The first-order chi connectivity index (χ1) is 73.4. The molecule has 0 fully saturated rings. The standard InChI is InChI=1S/C48H30N4.C46H28N4.C42H26N4/c1-2-13-31(14-3-1)32-25-27-33(28-26-32)47-48(50-40-20-9-8-19-39(40)49-47)52-44-24-12-23-43(46(44)38-29-34-15-4-5-16-35(34)30-45(38)52)51-41-21-10-6-17-36(41)37-18-7-11-22-42(37)51;1-2-13-30-26-33(25-24-29(30)12-1)45-46(48-38-19-8-7-18-37(38)47-45)50-42-23-11-22-41(44(42)36-27-31-14-3-4-15-32(31)28-43(36)50)49-39-20-9-5-16-34(39)35-17-6-10-21-40(35)49;1-2-13-27(14-3-1)41-42(44-34-20-9-8-19-33(34)43-41)46-38-24-12-23-37(40(38)32-25-28-15-4-5-16-29(28)26-39(32)46)45-35-21-10-6-17-30(35)31-18-7-11-22-36(31)45/h1-30H;1-28H;1-26H. The van der Waals surface area contributed by atoms with Gasteiger partial charge in [0.1, 0.15) is 17.1 Å². The van der Waals surface area contributed by atoms with Crippen LogP contribution in [0.3, 0.4) is 0 Å². The number of benzene rings is 23. The molecule has 0 saturated carbocycles. The van der Waals surface area contributed by atoms with Crippen LogP contribution in [-0.4, -0.2) is 57.3 Å². The van der Waals surface area contributed by atoms with Crippen molar-refractivity contribution in [3.63, 3.8) is 0 Å². The fourth-order valence-corrected chi connectivity index (χ4v) is 23.4. The second-order valence-electron chi connectivity index (χ2n) is 38.3. The fraction of sp³-hybridized carbons (Fsp3) is 0. The summed E-state index contributed by atoms with van der Waals surface area (Å²) < 4.78 is 14.3. The average molecular weight is 1890 g/mol. The molecular formula is C136H84N12. The maximum absolute atomic E-state index is 5.44. The Morgan fingerprint density at radius 1 is 0.122 bits per heavy atom. The Balaban J connectivity index is 0.000000103. The lowest BCUT2D eigenvalue weighted by Crippen LogP contribution is -2.04. The predicted octanol–water partition coefficient (Wildman–Crippen LogP) is 34.8. The fourth-order valence-electron chi connectivity index (χ4n) is 23.4. The van der Waals surface area contributed by atoms with Gasteiger partial charge < -0.3 is 13.7 Å². The van der Waals surface area contributed by atoms with E-state index in [-0.39, 0.29) is 0 Å².